The number of benzene rings is 2. The predicted octanol–water partition coefficient (Wildman–Crippen LogP) is 6.50. The van der Waals surface area contributed by atoms with Crippen molar-refractivity contribution in [3.8, 4) is 0 Å². The summed E-state index contributed by atoms with van der Waals surface area (Å²) in [6.45, 7) is 4.17. The third-order valence-corrected chi connectivity index (χ3v) is 6.45. The topological polar surface area (TPSA) is 83.6 Å². The van der Waals surface area contributed by atoms with Crippen LogP contribution in [-0.2, 0) is 4.79 Å². The van der Waals surface area contributed by atoms with Crippen molar-refractivity contribution in [2.45, 2.75) is 25.8 Å². The number of fused-ring (bicyclic) bond motifs is 1. The highest BCUT2D eigenvalue weighted by molar-refractivity contribution is 9.10. The van der Waals surface area contributed by atoms with E-state index in [-0.39, 0.29) is 11.3 Å². The van der Waals surface area contributed by atoms with E-state index in [1.165, 1.54) is 4.90 Å². The van der Waals surface area contributed by atoms with E-state index in [1.807, 2.05) is 36.4 Å². The molecule has 34 heavy (non-hydrogen) atoms. The number of anilines is 1. The van der Waals surface area contributed by atoms with Gasteiger partial charge in [0.15, 0.2) is 11.5 Å². The summed E-state index contributed by atoms with van der Waals surface area (Å²) in [5.74, 6) is -1.45. The first-order valence-corrected chi connectivity index (χ1v) is 11.7. The number of Topliss-reactive ketones (excluding diaryl/α,β-unsaturated/α-hetero) is 1. The van der Waals surface area contributed by atoms with Crippen LogP contribution < -0.4 is 4.90 Å². The normalized spacial score (nSPS) is 16.2. The molecule has 1 amide bonds. The van der Waals surface area contributed by atoms with Gasteiger partial charge in [-0.25, -0.2) is 0 Å². The second kappa shape index (κ2) is 8.57. The number of aliphatic hydroxyl groups is 1. The number of furan rings is 1. The van der Waals surface area contributed by atoms with Gasteiger partial charge in [0.2, 0.25) is 5.78 Å². The molecule has 0 bridgehead atoms. The molecular formula is C27H21BrN2O4. The summed E-state index contributed by atoms with van der Waals surface area (Å²) in [7, 11) is 0. The van der Waals surface area contributed by atoms with Crippen molar-refractivity contribution in [2.24, 2.45) is 0 Å². The van der Waals surface area contributed by atoms with Crippen molar-refractivity contribution in [3.63, 3.8) is 0 Å². The first-order valence-electron chi connectivity index (χ1n) is 10.9. The molecule has 2 aromatic carbocycles. The maximum absolute atomic E-state index is 13.6. The number of amides is 1. The summed E-state index contributed by atoms with van der Waals surface area (Å²) in [6.07, 6.45) is 1.59. The molecule has 0 saturated heterocycles. The number of aliphatic hydroxyl groups excluding tert-OH is 1. The summed E-state index contributed by atoms with van der Waals surface area (Å²) >= 11 is 3.41. The Labute approximate surface area is 204 Å². The average Bonchev–Trinajstić information content (AvgIpc) is 3.38. The van der Waals surface area contributed by atoms with Gasteiger partial charge >= 0.3 is 0 Å². The Balaban J connectivity index is 1.62. The number of nitrogens with zero attached hydrogens (tertiary/aromatic N) is 2. The van der Waals surface area contributed by atoms with Crippen molar-refractivity contribution < 1.29 is 19.1 Å². The monoisotopic (exact) mass is 516 g/mol. The molecule has 1 aliphatic heterocycles. The molecule has 4 aromatic rings. The van der Waals surface area contributed by atoms with Crippen LogP contribution in [0.1, 0.15) is 47.6 Å². The molecule has 6 nitrogen and oxygen atoms in total. The molecule has 3 heterocycles. The smallest absolute Gasteiger partial charge is 0.294 e. The lowest BCUT2D eigenvalue weighted by atomic mass is 9.97. The van der Waals surface area contributed by atoms with Crippen LogP contribution in [0.15, 0.2) is 93.1 Å². The van der Waals surface area contributed by atoms with E-state index in [9.17, 15) is 14.7 Å². The molecule has 0 spiro atoms. The molecule has 170 valence electrons. The van der Waals surface area contributed by atoms with Gasteiger partial charge in [-0.2, -0.15) is 0 Å². The molecule has 0 aliphatic carbocycles. The van der Waals surface area contributed by atoms with Gasteiger partial charge in [-0.15, -0.1) is 0 Å². The van der Waals surface area contributed by atoms with Crippen LogP contribution in [0.2, 0.25) is 0 Å². The summed E-state index contributed by atoms with van der Waals surface area (Å²) in [4.78, 5) is 32.7. The van der Waals surface area contributed by atoms with Crippen LogP contribution >= 0.6 is 15.9 Å². The largest absolute Gasteiger partial charge is 0.503 e. The zero-order chi connectivity index (χ0) is 24.0. The number of hydrogen-bond donors (Lipinski definition) is 1. The minimum absolute atomic E-state index is 0.0420. The standard InChI is InChI=1S/C27H21BrN2O4/c1-15(2)16-6-9-19(10-7-16)30-24(20-5-3-4-12-29-20)23(26(32)27(30)33)25(31)22-14-17-13-18(28)8-11-21(17)34-22/h3-15,24,32H,1-2H3. The quantitative estimate of drug-likeness (QED) is 0.306. The van der Waals surface area contributed by atoms with E-state index in [4.69, 9.17) is 4.42 Å². The first-order chi connectivity index (χ1) is 16.3. The number of carbonyl (C=O) groups excluding carboxylic acids is 2. The van der Waals surface area contributed by atoms with Gasteiger partial charge in [0, 0.05) is 21.7 Å². The van der Waals surface area contributed by atoms with E-state index in [0.29, 0.717) is 22.9 Å². The van der Waals surface area contributed by atoms with E-state index in [2.05, 4.69) is 34.8 Å². The second-order valence-corrected chi connectivity index (χ2v) is 9.38. The number of aromatic nitrogens is 1. The zero-order valence-electron chi connectivity index (χ0n) is 18.5. The van der Waals surface area contributed by atoms with Crippen LogP contribution in [0.25, 0.3) is 11.0 Å². The fraction of sp³-hybridized carbons (Fsp3) is 0.148. The number of rotatable bonds is 5. The molecule has 2 aromatic heterocycles. The number of hydrogen-bond acceptors (Lipinski definition) is 5. The maximum Gasteiger partial charge on any atom is 0.294 e. The molecule has 1 unspecified atom stereocenters. The average molecular weight is 517 g/mol. The lowest BCUT2D eigenvalue weighted by Gasteiger charge is -2.26. The fourth-order valence-corrected chi connectivity index (χ4v) is 4.58. The highest BCUT2D eigenvalue weighted by Crippen LogP contribution is 2.42. The minimum Gasteiger partial charge on any atom is -0.503 e. The lowest BCUT2D eigenvalue weighted by Crippen LogP contribution is -2.31. The SMILES string of the molecule is CC(C)c1ccc(N2C(=O)C(O)=C(C(=O)c3cc4cc(Br)ccc4o3)C2c2ccccn2)cc1. The van der Waals surface area contributed by atoms with Crippen molar-refractivity contribution in [3.05, 3.63) is 106 Å². The van der Waals surface area contributed by atoms with Crippen molar-refractivity contribution >= 4 is 44.3 Å². The molecule has 1 atom stereocenters. The van der Waals surface area contributed by atoms with Crippen molar-refractivity contribution in [1.82, 2.24) is 4.98 Å². The molecule has 1 N–H and O–H groups in total. The zero-order valence-corrected chi connectivity index (χ0v) is 20.1. The molecule has 7 heteroatoms. The van der Waals surface area contributed by atoms with Gasteiger partial charge < -0.3 is 9.52 Å². The lowest BCUT2D eigenvalue weighted by molar-refractivity contribution is -0.117. The van der Waals surface area contributed by atoms with E-state index >= 15 is 0 Å². The molecular weight excluding hydrogens is 496 g/mol. The van der Waals surface area contributed by atoms with Crippen LogP contribution in [0.4, 0.5) is 5.69 Å². The molecule has 5 rings (SSSR count). The molecule has 0 radical (unpaired) electrons. The first kappa shape index (κ1) is 22.1. The van der Waals surface area contributed by atoms with E-state index in [0.717, 1.165) is 15.4 Å². The number of pyridine rings is 1. The highest BCUT2D eigenvalue weighted by atomic mass is 79.9. The van der Waals surface area contributed by atoms with Gasteiger partial charge in [-0.1, -0.05) is 48.0 Å². The Hall–Kier alpha value is -3.71. The minimum atomic E-state index is -0.897. The van der Waals surface area contributed by atoms with Gasteiger partial charge in [0.05, 0.1) is 11.3 Å². The van der Waals surface area contributed by atoms with Crippen molar-refractivity contribution in [2.75, 3.05) is 4.90 Å². The Morgan fingerprint density at radius 2 is 1.85 bits per heavy atom. The summed E-state index contributed by atoms with van der Waals surface area (Å²) in [6, 6.07) is 18.9. The van der Waals surface area contributed by atoms with Crippen LogP contribution in [-0.4, -0.2) is 21.8 Å². The third kappa shape index (κ3) is 3.72. The van der Waals surface area contributed by atoms with E-state index < -0.39 is 23.5 Å². The van der Waals surface area contributed by atoms with Crippen LogP contribution in [0.3, 0.4) is 0 Å². The summed E-state index contributed by atoms with van der Waals surface area (Å²) in [5.41, 5.74) is 2.62. The Bertz CT molecular complexity index is 1440. The second-order valence-electron chi connectivity index (χ2n) is 8.46. The molecule has 0 fully saturated rings. The Morgan fingerprint density at radius 3 is 2.53 bits per heavy atom. The highest BCUT2D eigenvalue weighted by Gasteiger charge is 2.46. The fourth-order valence-electron chi connectivity index (χ4n) is 4.20. The third-order valence-electron chi connectivity index (χ3n) is 5.96. The van der Waals surface area contributed by atoms with Crippen molar-refractivity contribution in [1.29, 1.82) is 0 Å². The van der Waals surface area contributed by atoms with Gasteiger partial charge in [0.25, 0.3) is 5.91 Å². The summed E-state index contributed by atoms with van der Waals surface area (Å²) in [5, 5.41) is 11.6. The summed E-state index contributed by atoms with van der Waals surface area (Å²) < 4.78 is 6.63. The van der Waals surface area contributed by atoms with Gasteiger partial charge in [-0.3, -0.25) is 19.5 Å². The predicted molar refractivity (Wildman–Crippen MR) is 133 cm³/mol. The Morgan fingerprint density at radius 1 is 1.09 bits per heavy atom. The maximum atomic E-state index is 13.6. The molecule has 1 aliphatic rings. The number of ketones is 1. The number of carbonyl (C=O) groups is 2. The molecule has 0 saturated carbocycles. The van der Waals surface area contributed by atoms with Gasteiger partial charge in [-0.05, 0) is 60.0 Å². The Kier molecular flexibility index (Phi) is 5.57. The van der Waals surface area contributed by atoms with E-state index in [1.54, 1.807) is 36.5 Å². The van der Waals surface area contributed by atoms with Gasteiger partial charge in [0.1, 0.15) is 11.6 Å². The van der Waals surface area contributed by atoms with Crippen LogP contribution in [0.5, 0.6) is 0 Å². The van der Waals surface area contributed by atoms with Crippen LogP contribution in [0, 0.1) is 0 Å². The number of halogens is 1.